The van der Waals surface area contributed by atoms with Crippen molar-refractivity contribution in [2.24, 2.45) is 0 Å². The van der Waals surface area contributed by atoms with E-state index in [4.69, 9.17) is 0 Å². The van der Waals surface area contributed by atoms with E-state index in [2.05, 4.69) is 0 Å². The molecule has 1 aliphatic heterocycles. The molecule has 0 spiro atoms. The Balaban J connectivity index is 1.48. The second-order valence-electron chi connectivity index (χ2n) is 7.41. The van der Waals surface area contributed by atoms with Crippen molar-refractivity contribution < 1.29 is 14.4 Å². The van der Waals surface area contributed by atoms with Crippen LogP contribution in [-0.4, -0.2) is 28.5 Å². The Bertz CT molecular complexity index is 1060. The van der Waals surface area contributed by atoms with Gasteiger partial charge in [-0.05, 0) is 49.1 Å². The lowest BCUT2D eigenvalue weighted by molar-refractivity contribution is 0.0596. The van der Waals surface area contributed by atoms with E-state index >= 15 is 0 Å². The first-order valence-electron chi connectivity index (χ1n) is 9.63. The largest absolute Gasteiger partial charge is 0.295 e. The number of fused-ring (bicyclic) bond motifs is 1. The molecule has 1 unspecified atom stereocenters. The molecule has 0 aromatic heterocycles. The Labute approximate surface area is 169 Å². The molecule has 1 aliphatic rings. The number of imide groups is 1. The second-order valence-corrected chi connectivity index (χ2v) is 7.41. The van der Waals surface area contributed by atoms with Gasteiger partial charge in [-0.15, -0.1) is 0 Å². The zero-order valence-corrected chi connectivity index (χ0v) is 16.4. The first kappa shape index (κ1) is 18.8. The standard InChI is InChI=1S/C25H21NO3/c1-16(26-24(28)22-5-3-4-6-23(22)25(26)29)15-18-7-9-20(10-8-18)21-13-11-19(12-14-21)17(2)27/h3-14,16H,15H2,1-2H3. The number of hydrogen-bond acceptors (Lipinski definition) is 3. The quantitative estimate of drug-likeness (QED) is 0.470. The van der Waals surface area contributed by atoms with Crippen molar-refractivity contribution in [3.05, 3.63) is 95.1 Å². The molecule has 4 rings (SSSR count). The van der Waals surface area contributed by atoms with Crippen LogP contribution in [-0.2, 0) is 6.42 Å². The maximum Gasteiger partial charge on any atom is 0.261 e. The Morgan fingerprint density at radius 1 is 0.793 bits per heavy atom. The molecule has 0 radical (unpaired) electrons. The van der Waals surface area contributed by atoms with E-state index in [1.54, 1.807) is 31.2 Å². The molecule has 0 N–H and O–H groups in total. The number of hydrogen-bond donors (Lipinski definition) is 0. The highest BCUT2D eigenvalue weighted by Gasteiger charge is 2.37. The van der Waals surface area contributed by atoms with Crippen LogP contribution in [0.25, 0.3) is 11.1 Å². The Morgan fingerprint density at radius 3 is 1.76 bits per heavy atom. The third kappa shape index (κ3) is 3.49. The lowest BCUT2D eigenvalue weighted by Gasteiger charge is -2.22. The highest BCUT2D eigenvalue weighted by Crippen LogP contribution is 2.26. The van der Waals surface area contributed by atoms with Crippen LogP contribution in [0.5, 0.6) is 0 Å². The minimum absolute atomic E-state index is 0.0500. The lowest BCUT2D eigenvalue weighted by Crippen LogP contribution is -2.39. The summed E-state index contributed by atoms with van der Waals surface area (Å²) < 4.78 is 0. The smallest absolute Gasteiger partial charge is 0.261 e. The van der Waals surface area contributed by atoms with Crippen LogP contribution >= 0.6 is 0 Å². The van der Waals surface area contributed by atoms with E-state index in [1.807, 2.05) is 55.5 Å². The summed E-state index contributed by atoms with van der Waals surface area (Å²) in [5.74, 6) is -0.394. The summed E-state index contributed by atoms with van der Waals surface area (Å²) in [6, 6.07) is 22.3. The fourth-order valence-electron chi connectivity index (χ4n) is 3.77. The van der Waals surface area contributed by atoms with Gasteiger partial charge in [-0.3, -0.25) is 19.3 Å². The van der Waals surface area contributed by atoms with Crippen molar-refractivity contribution in [1.82, 2.24) is 4.90 Å². The number of carbonyl (C=O) groups excluding carboxylic acids is 3. The fraction of sp³-hybridized carbons (Fsp3) is 0.160. The average Bonchev–Trinajstić information content (AvgIpc) is 2.99. The van der Waals surface area contributed by atoms with Gasteiger partial charge >= 0.3 is 0 Å². The fourth-order valence-corrected chi connectivity index (χ4v) is 3.77. The molecule has 3 aromatic rings. The van der Waals surface area contributed by atoms with Crippen LogP contribution in [0, 0.1) is 0 Å². The summed E-state index contributed by atoms with van der Waals surface area (Å²) in [5, 5.41) is 0. The second kappa shape index (κ2) is 7.47. The van der Waals surface area contributed by atoms with Crippen molar-refractivity contribution in [1.29, 1.82) is 0 Å². The molecule has 144 valence electrons. The first-order chi connectivity index (χ1) is 14.0. The molecular formula is C25H21NO3. The van der Waals surface area contributed by atoms with Gasteiger partial charge in [0.05, 0.1) is 11.1 Å². The molecule has 4 heteroatoms. The number of Topliss-reactive ketones (excluding diaryl/α,β-unsaturated/α-hetero) is 1. The minimum Gasteiger partial charge on any atom is -0.295 e. The lowest BCUT2D eigenvalue weighted by atomic mass is 9.99. The summed E-state index contributed by atoms with van der Waals surface area (Å²) in [6.07, 6.45) is 0.592. The third-order valence-corrected chi connectivity index (χ3v) is 5.38. The van der Waals surface area contributed by atoms with Crippen LogP contribution < -0.4 is 0 Å². The predicted octanol–water partition coefficient (Wildman–Crippen LogP) is 4.78. The van der Waals surface area contributed by atoms with E-state index in [9.17, 15) is 14.4 Å². The van der Waals surface area contributed by atoms with Gasteiger partial charge in [-0.2, -0.15) is 0 Å². The zero-order chi connectivity index (χ0) is 20.5. The van der Waals surface area contributed by atoms with E-state index in [1.165, 1.54) is 4.90 Å². The molecule has 1 heterocycles. The van der Waals surface area contributed by atoms with Gasteiger partial charge < -0.3 is 0 Å². The van der Waals surface area contributed by atoms with Crippen molar-refractivity contribution in [2.75, 3.05) is 0 Å². The highest BCUT2D eigenvalue weighted by atomic mass is 16.2. The van der Waals surface area contributed by atoms with Crippen LogP contribution in [0.15, 0.2) is 72.8 Å². The maximum atomic E-state index is 12.6. The van der Waals surface area contributed by atoms with Gasteiger partial charge in [0.1, 0.15) is 0 Å². The summed E-state index contributed by atoms with van der Waals surface area (Å²) >= 11 is 0. The summed E-state index contributed by atoms with van der Waals surface area (Å²) in [7, 11) is 0. The van der Waals surface area contributed by atoms with E-state index in [0.29, 0.717) is 23.1 Å². The van der Waals surface area contributed by atoms with Crippen LogP contribution in [0.4, 0.5) is 0 Å². The average molecular weight is 383 g/mol. The molecule has 2 amide bonds. The minimum atomic E-state index is -0.233. The van der Waals surface area contributed by atoms with Crippen LogP contribution in [0.2, 0.25) is 0 Å². The van der Waals surface area contributed by atoms with Gasteiger partial charge in [-0.25, -0.2) is 0 Å². The maximum absolute atomic E-state index is 12.6. The van der Waals surface area contributed by atoms with Crippen molar-refractivity contribution in [3.8, 4) is 11.1 Å². The zero-order valence-electron chi connectivity index (χ0n) is 16.4. The molecule has 4 nitrogen and oxygen atoms in total. The third-order valence-electron chi connectivity index (χ3n) is 5.38. The highest BCUT2D eigenvalue weighted by molar-refractivity contribution is 6.21. The normalized spacial score (nSPS) is 14.1. The molecular weight excluding hydrogens is 362 g/mol. The van der Waals surface area contributed by atoms with Crippen molar-refractivity contribution in [3.63, 3.8) is 0 Å². The molecule has 0 saturated carbocycles. The van der Waals surface area contributed by atoms with Crippen LogP contribution in [0.1, 0.15) is 50.5 Å². The van der Waals surface area contributed by atoms with Gasteiger partial charge in [0, 0.05) is 11.6 Å². The number of benzene rings is 3. The Hall–Kier alpha value is -3.53. The first-order valence-corrected chi connectivity index (χ1v) is 9.63. The SMILES string of the molecule is CC(=O)c1ccc(-c2ccc(CC(C)N3C(=O)c4ccccc4C3=O)cc2)cc1. The molecule has 0 bridgehead atoms. The number of carbonyl (C=O) groups is 3. The number of nitrogens with zero attached hydrogens (tertiary/aromatic N) is 1. The number of rotatable bonds is 5. The molecule has 0 saturated heterocycles. The van der Waals surface area contributed by atoms with E-state index in [-0.39, 0.29) is 23.6 Å². The molecule has 3 aromatic carbocycles. The molecule has 1 atom stereocenters. The van der Waals surface area contributed by atoms with E-state index < -0.39 is 0 Å². The van der Waals surface area contributed by atoms with Gasteiger partial charge in [0.15, 0.2) is 5.78 Å². The van der Waals surface area contributed by atoms with Crippen molar-refractivity contribution >= 4 is 17.6 Å². The van der Waals surface area contributed by atoms with Gasteiger partial charge in [0.25, 0.3) is 11.8 Å². The molecule has 29 heavy (non-hydrogen) atoms. The number of amides is 2. The summed E-state index contributed by atoms with van der Waals surface area (Å²) in [5.41, 5.74) is 4.80. The topological polar surface area (TPSA) is 54.5 Å². The Kier molecular flexibility index (Phi) is 4.85. The summed E-state index contributed by atoms with van der Waals surface area (Å²) in [4.78, 5) is 38.0. The van der Waals surface area contributed by atoms with Crippen LogP contribution in [0.3, 0.4) is 0 Å². The van der Waals surface area contributed by atoms with Crippen molar-refractivity contribution in [2.45, 2.75) is 26.3 Å². The monoisotopic (exact) mass is 383 g/mol. The molecule has 0 fully saturated rings. The van der Waals surface area contributed by atoms with Gasteiger partial charge in [-0.1, -0.05) is 60.7 Å². The van der Waals surface area contributed by atoms with E-state index in [0.717, 1.165) is 16.7 Å². The summed E-state index contributed by atoms with van der Waals surface area (Å²) in [6.45, 7) is 3.45. The predicted molar refractivity (Wildman–Crippen MR) is 112 cm³/mol. The molecule has 0 aliphatic carbocycles. The Morgan fingerprint density at radius 2 is 1.28 bits per heavy atom. The van der Waals surface area contributed by atoms with Gasteiger partial charge in [0.2, 0.25) is 0 Å². The number of ketones is 1.